The van der Waals surface area contributed by atoms with E-state index in [2.05, 4.69) is 5.16 Å². The molecule has 0 unspecified atom stereocenters. The molecular formula is C13H13NO3. The summed E-state index contributed by atoms with van der Waals surface area (Å²) in [6, 6.07) is 4.94. The fourth-order valence-electron chi connectivity index (χ4n) is 2.58. The summed E-state index contributed by atoms with van der Waals surface area (Å²) in [6.45, 7) is 0. The van der Waals surface area contributed by atoms with Gasteiger partial charge in [0.2, 0.25) is 0 Å². The first-order valence-corrected chi connectivity index (χ1v) is 5.88. The fourth-order valence-corrected chi connectivity index (χ4v) is 2.58. The van der Waals surface area contributed by atoms with Gasteiger partial charge in [0.15, 0.2) is 0 Å². The zero-order valence-electron chi connectivity index (χ0n) is 9.35. The van der Waals surface area contributed by atoms with E-state index in [1.807, 2.05) is 0 Å². The maximum absolute atomic E-state index is 10.9. The van der Waals surface area contributed by atoms with Crippen LogP contribution in [0.1, 0.15) is 47.7 Å². The van der Waals surface area contributed by atoms with E-state index in [1.54, 1.807) is 18.2 Å². The molecule has 3 rings (SSSR count). The highest BCUT2D eigenvalue weighted by molar-refractivity contribution is 5.93. The number of aromatic nitrogens is 1. The monoisotopic (exact) mass is 231 g/mol. The SMILES string of the molecule is O=C(O)c1ccc2noc(C3CCCC3)c2c1. The van der Waals surface area contributed by atoms with Gasteiger partial charge in [-0.3, -0.25) is 0 Å². The van der Waals surface area contributed by atoms with Crippen LogP contribution < -0.4 is 0 Å². The molecule has 0 spiro atoms. The maximum atomic E-state index is 10.9. The number of aromatic carboxylic acids is 1. The Hall–Kier alpha value is -1.84. The number of nitrogens with zero attached hydrogens (tertiary/aromatic N) is 1. The van der Waals surface area contributed by atoms with Gasteiger partial charge in [-0.25, -0.2) is 4.79 Å². The van der Waals surface area contributed by atoms with Gasteiger partial charge in [0.05, 0.1) is 5.56 Å². The van der Waals surface area contributed by atoms with Gasteiger partial charge in [-0.2, -0.15) is 0 Å². The Morgan fingerprint density at radius 2 is 2.12 bits per heavy atom. The van der Waals surface area contributed by atoms with Crippen LogP contribution in [0.2, 0.25) is 0 Å². The first-order chi connectivity index (χ1) is 8.25. The van der Waals surface area contributed by atoms with Crippen LogP contribution in [0.15, 0.2) is 22.7 Å². The first-order valence-electron chi connectivity index (χ1n) is 5.88. The van der Waals surface area contributed by atoms with E-state index in [9.17, 15) is 4.79 Å². The normalized spacial score (nSPS) is 16.7. The molecule has 0 bridgehead atoms. The lowest BCUT2D eigenvalue weighted by Gasteiger charge is -2.03. The number of rotatable bonds is 2. The minimum atomic E-state index is -0.912. The summed E-state index contributed by atoms with van der Waals surface area (Å²) >= 11 is 0. The Kier molecular flexibility index (Phi) is 2.35. The highest BCUT2D eigenvalue weighted by Crippen LogP contribution is 2.37. The quantitative estimate of drug-likeness (QED) is 0.862. The van der Waals surface area contributed by atoms with Crippen molar-refractivity contribution in [3.63, 3.8) is 0 Å². The average Bonchev–Trinajstić information content (AvgIpc) is 2.96. The van der Waals surface area contributed by atoms with Crippen LogP contribution in [0.3, 0.4) is 0 Å². The summed E-state index contributed by atoms with van der Waals surface area (Å²) in [7, 11) is 0. The topological polar surface area (TPSA) is 63.3 Å². The molecule has 1 aliphatic rings. The smallest absolute Gasteiger partial charge is 0.335 e. The van der Waals surface area contributed by atoms with Crippen molar-refractivity contribution in [2.75, 3.05) is 0 Å². The lowest BCUT2D eigenvalue weighted by molar-refractivity contribution is 0.0697. The van der Waals surface area contributed by atoms with E-state index >= 15 is 0 Å². The van der Waals surface area contributed by atoms with Crippen LogP contribution in [0.5, 0.6) is 0 Å². The molecular weight excluding hydrogens is 218 g/mol. The molecule has 1 aliphatic carbocycles. The molecule has 2 aromatic rings. The van der Waals surface area contributed by atoms with Crippen molar-refractivity contribution >= 4 is 16.9 Å². The third kappa shape index (κ3) is 1.69. The van der Waals surface area contributed by atoms with E-state index in [-0.39, 0.29) is 0 Å². The minimum absolute atomic E-state index is 0.292. The second kappa shape index (κ2) is 3.87. The number of benzene rings is 1. The number of carboxylic acids is 1. The number of carboxylic acid groups (broad SMARTS) is 1. The third-order valence-corrected chi connectivity index (χ3v) is 3.48. The Balaban J connectivity index is 2.11. The minimum Gasteiger partial charge on any atom is -0.478 e. The van der Waals surface area contributed by atoms with Crippen LogP contribution >= 0.6 is 0 Å². The third-order valence-electron chi connectivity index (χ3n) is 3.48. The summed E-state index contributed by atoms with van der Waals surface area (Å²) < 4.78 is 5.39. The molecule has 4 heteroatoms. The van der Waals surface area contributed by atoms with Gasteiger partial charge in [0.1, 0.15) is 11.3 Å². The number of hydrogen-bond donors (Lipinski definition) is 1. The molecule has 0 atom stereocenters. The van der Waals surface area contributed by atoms with Crippen molar-refractivity contribution in [1.29, 1.82) is 0 Å². The predicted octanol–water partition coefficient (Wildman–Crippen LogP) is 3.18. The second-order valence-corrected chi connectivity index (χ2v) is 4.57. The molecule has 1 heterocycles. The molecule has 4 nitrogen and oxygen atoms in total. The standard InChI is InChI=1S/C13H13NO3/c15-13(16)9-5-6-11-10(7-9)12(17-14-11)8-3-1-2-4-8/h5-8H,1-4H2,(H,15,16). The van der Waals surface area contributed by atoms with Crippen LogP contribution in [0, 0.1) is 0 Å². The van der Waals surface area contributed by atoms with Crippen LogP contribution in [0.25, 0.3) is 10.9 Å². The molecule has 88 valence electrons. The van der Waals surface area contributed by atoms with Crippen molar-refractivity contribution < 1.29 is 14.4 Å². The van der Waals surface area contributed by atoms with Crippen LogP contribution in [0.4, 0.5) is 0 Å². The Bertz CT molecular complexity index is 567. The highest BCUT2D eigenvalue weighted by Gasteiger charge is 2.23. The van der Waals surface area contributed by atoms with Gasteiger partial charge in [-0.05, 0) is 31.0 Å². The van der Waals surface area contributed by atoms with Crippen LogP contribution in [-0.4, -0.2) is 16.2 Å². The largest absolute Gasteiger partial charge is 0.478 e. The summed E-state index contributed by atoms with van der Waals surface area (Å²) in [5.41, 5.74) is 1.04. The molecule has 1 N–H and O–H groups in total. The van der Waals surface area contributed by atoms with Gasteiger partial charge in [-0.1, -0.05) is 18.0 Å². The van der Waals surface area contributed by atoms with Gasteiger partial charge in [0, 0.05) is 11.3 Å². The molecule has 0 aliphatic heterocycles. The Labute approximate surface area is 98.2 Å². The fraction of sp³-hybridized carbons (Fsp3) is 0.385. The molecule has 0 amide bonds. The molecule has 1 aromatic heterocycles. The summed E-state index contributed by atoms with van der Waals surface area (Å²) in [5.74, 6) is 0.357. The molecule has 1 saturated carbocycles. The number of fused-ring (bicyclic) bond motifs is 1. The van der Waals surface area contributed by atoms with E-state index in [4.69, 9.17) is 9.63 Å². The van der Waals surface area contributed by atoms with Crippen molar-refractivity contribution in [1.82, 2.24) is 5.16 Å². The van der Waals surface area contributed by atoms with E-state index in [1.165, 1.54) is 12.8 Å². The summed E-state index contributed by atoms with van der Waals surface area (Å²) in [4.78, 5) is 10.9. The molecule has 0 radical (unpaired) electrons. The molecule has 1 aromatic carbocycles. The number of carbonyl (C=O) groups is 1. The second-order valence-electron chi connectivity index (χ2n) is 4.57. The molecule has 1 fully saturated rings. The Morgan fingerprint density at radius 3 is 2.82 bits per heavy atom. The zero-order chi connectivity index (χ0) is 11.8. The molecule has 17 heavy (non-hydrogen) atoms. The lowest BCUT2D eigenvalue weighted by atomic mass is 10.0. The van der Waals surface area contributed by atoms with Crippen molar-refractivity contribution in [3.8, 4) is 0 Å². The number of hydrogen-bond acceptors (Lipinski definition) is 3. The molecule has 0 saturated heterocycles. The van der Waals surface area contributed by atoms with Gasteiger partial charge in [-0.15, -0.1) is 0 Å². The van der Waals surface area contributed by atoms with E-state index in [0.717, 1.165) is 29.5 Å². The summed E-state index contributed by atoms with van der Waals surface area (Å²) in [5, 5.41) is 13.8. The van der Waals surface area contributed by atoms with Crippen molar-refractivity contribution in [2.24, 2.45) is 0 Å². The zero-order valence-corrected chi connectivity index (χ0v) is 9.35. The van der Waals surface area contributed by atoms with Gasteiger partial charge < -0.3 is 9.63 Å². The average molecular weight is 231 g/mol. The predicted molar refractivity (Wildman–Crippen MR) is 62.2 cm³/mol. The van der Waals surface area contributed by atoms with Crippen molar-refractivity contribution in [2.45, 2.75) is 31.6 Å². The van der Waals surface area contributed by atoms with E-state index in [0.29, 0.717) is 11.5 Å². The summed E-state index contributed by atoms with van der Waals surface area (Å²) in [6.07, 6.45) is 4.65. The van der Waals surface area contributed by atoms with E-state index < -0.39 is 5.97 Å². The van der Waals surface area contributed by atoms with Crippen molar-refractivity contribution in [3.05, 3.63) is 29.5 Å². The lowest BCUT2D eigenvalue weighted by Crippen LogP contribution is -1.96. The van der Waals surface area contributed by atoms with Gasteiger partial charge >= 0.3 is 5.97 Å². The maximum Gasteiger partial charge on any atom is 0.335 e. The Morgan fingerprint density at radius 1 is 1.35 bits per heavy atom. The first kappa shape index (κ1) is 10.3. The highest BCUT2D eigenvalue weighted by atomic mass is 16.5. The van der Waals surface area contributed by atoms with Crippen LogP contribution in [-0.2, 0) is 0 Å². The van der Waals surface area contributed by atoms with Gasteiger partial charge in [0.25, 0.3) is 0 Å².